The van der Waals surface area contributed by atoms with Crippen LogP contribution in [0.5, 0.6) is 0 Å². The molecule has 1 aromatic heterocycles. The fraction of sp³-hybridized carbons (Fsp3) is 0.400. The maximum Gasteiger partial charge on any atom is 0.330 e. The van der Waals surface area contributed by atoms with E-state index in [0.717, 1.165) is 10.1 Å². The van der Waals surface area contributed by atoms with Gasteiger partial charge in [0.05, 0.1) is 33.2 Å². The first kappa shape index (κ1) is 23.0. The highest BCUT2D eigenvalue weighted by atomic mass is 16.5. The van der Waals surface area contributed by atoms with Crippen LogP contribution >= 0.6 is 0 Å². The minimum absolute atomic E-state index is 0.0792. The SMILES string of the molecule is COCCn1c(N)c(C(=O)CN(CCC(=O)OC)Cc2ccccc2)c(=O)[nH]c1=O. The van der Waals surface area contributed by atoms with Crippen molar-refractivity contribution in [3.8, 4) is 0 Å². The number of aromatic nitrogens is 2. The Bertz CT molecular complexity index is 983. The van der Waals surface area contributed by atoms with Crippen LogP contribution in [-0.4, -0.2) is 60.1 Å². The second kappa shape index (κ2) is 11.1. The fourth-order valence-corrected chi connectivity index (χ4v) is 2.95. The molecule has 0 bridgehead atoms. The number of nitrogens with two attached hydrogens (primary N) is 1. The van der Waals surface area contributed by atoms with Crippen LogP contribution in [0.1, 0.15) is 22.3 Å². The number of nitrogens with zero attached hydrogens (tertiary/aromatic N) is 2. The molecule has 3 N–H and O–H groups in total. The van der Waals surface area contributed by atoms with Gasteiger partial charge in [-0.2, -0.15) is 0 Å². The largest absolute Gasteiger partial charge is 0.469 e. The summed E-state index contributed by atoms with van der Waals surface area (Å²) >= 11 is 0. The summed E-state index contributed by atoms with van der Waals surface area (Å²) in [5, 5.41) is 0. The highest BCUT2D eigenvalue weighted by Gasteiger charge is 2.22. The number of Topliss-reactive ketones (excluding diaryl/α,β-unsaturated/α-hetero) is 1. The minimum atomic E-state index is -0.844. The number of H-pyrrole nitrogens is 1. The van der Waals surface area contributed by atoms with Crippen LogP contribution in [0.2, 0.25) is 0 Å². The Kier molecular flexibility index (Phi) is 8.51. The van der Waals surface area contributed by atoms with E-state index in [1.165, 1.54) is 14.2 Å². The zero-order valence-corrected chi connectivity index (χ0v) is 17.1. The molecular formula is C20H26N4O6. The highest BCUT2D eigenvalue weighted by molar-refractivity contribution is 6.01. The summed E-state index contributed by atoms with van der Waals surface area (Å²) in [5.41, 5.74) is 5.06. The maximum atomic E-state index is 12.9. The van der Waals surface area contributed by atoms with E-state index in [4.69, 9.17) is 10.5 Å². The van der Waals surface area contributed by atoms with Crippen LogP contribution in [-0.2, 0) is 27.4 Å². The summed E-state index contributed by atoms with van der Waals surface area (Å²) in [4.78, 5) is 52.6. The number of esters is 1. The number of aromatic amines is 1. The monoisotopic (exact) mass is 418 g/mol. The average molecular weight is 418 g/mol. The highest BCUT2D eigenvalue weighted by Crippen LogP contribution is 2.10. The van der Waals surface area contributed by atoms with E-state index in [-0.39, 0.29) is 44.0 Å². The van der Waals surface area contributed by atoms with E-state index in [0.29, 0.717) is 6.54 Å². The Morgan fingerprint density at radius 3 is 2.50 bits per heavy atom. The molecule has 2 aromatic rings. The number of carbonyl (C=O) groups is 2. The second-order valence-electron chi connectivity index (χ2n) is 6.61. The third-order valence-corrected chi connectivity index (χ3v) is 4.51. The number of hydrogen-bond donors (Lipinski definition) is 2. The first-order valence-electron chi connectivity index (χ1n) is 9.35. The lowest BCUT2D eigenvalue weighted by Gasteiger charge is -2.21. The second-order valence-corrected chi connectivity index (χ2v) is 6.61. The smallest absolute Gasteiger partial charge is 0.330 e. The molecule has 0 aliphatic heterocycles. The predicted octanol–water partition coefficient (Wildman–Crippen LogP) is 0.0132. The normalized spacial score (nSPS) is 10.9. The molecule has 0 unspecified atom stereocenters. The number of hydrogen-bond acceptors (Lipinski definition) is 8. The Hall–Kier alpha value is -3.24. The number of anilines is 1. The maximum absolute atomic E-state index is 12.9. The number of rotatable bonds is 11. The van der Waals surface area contributed by atoms with E-state index in [1.807, 2.05) is 30.3 Å². The molecule has 1 heterocycles. The zero-order valence-electron chi connectivity index (χ0n) is 17.1. The molecule has 0 fully saturated rings. The topological polar surface area (TPSA) is 137 Å². The van der Waals surface area contributed by atoms with E-state index in [2.05, 4.69) is 9.72 Å². The number of methoxy groups -OCH3 is 2. The molecule has 10 nitrogen and oxygen atoms in total. The minimum Gasteiger partial charge on any atom is -0.469 e. The number of ether oxygens (including phenoxy) is 2. The van der Waals surface area contributed by atoms with E-state index in [1.54, 1.807) is 4.90 Å². The molecule has 0 saturated carbocycles. The van der Waals surface area contributed by atoms with Crippen molar-refractivity contribution in [3.05, 3.63) is 62.3 Å². The third-order valence-electron chi connectivity index (χ3n) is 4.51. The number of benzene rings is 1. The van der Waals surface area contributed by atoms with Crippen LogP contribution in [0.3, 0.4) is 0 Å². The van der Waals surface area contributed by atoms with Gasteiger partial charge in [0, 0.05) is 20.2 Å². The summed E-state index contributed by atoms with van der Waals surface area (Å²) in [6.07, 6.45) is 0.0792. The molecule has 2 rings (SSSR count). The molecular weight excluding hydrogens is 392 g/mol. The molecule has 162 valence electrons. The van der Waals surface area contributed by atoms with Crippen LogP contribution in [0, 0.1) is 0 Å². The number of carbonyl (C=O) groups excluding carboxylic acids is 2. The lowest BCUT2D eigenvalue weighted by Crippen LogP contribution is -2.40. The zero-order chi connectivity index (χ0) is 22.1. The van der Waals surface area contributed by atoms with Crippen molar-refractivity contribution in [3.63, 3.8) is 0 Å². The standard InChI is InChI=1S/C20H26N4O6/c1-29-11-10-24-18(21)17(19(27)22-20(24)28)15(25)13-23(9-8-16(26)30-2)12-14-6-4-3-5-7-14/h3-7H,8-13,21H2,1-2H3,(H,22,27,28). The number of nitrogen functional groups attached to an aromatic ring is 1. The molecule has 0 atom stereocenters. The van der Waals surface area contributed by atoms with Gasteiger partial charge in [-0.15, -0.1) is 0 Å². The van der Waals surface area contributed by atoms with Crippen molar-refractivity contribution in [2.75, 3.05) is 39.6 Å². The van der Waals surface area contributed by atoms with Gasteiger partial charge in [-0.3, -0.25) is 28.8 Å². The number of ketones is 1. The molecule has 0 saturated heterocycles. The molecule has 0 aliphatic rings. The van der Waals surface area contributed by atoms with Crippen LogP contribution in [0.25, 0.3) is 0 Å². The molecule has 0 radical (unpaired) electrons. The summed E-state index contributed by atoms with van der Waals surface area (Å²) in [6, 6.07) is 9.38. The van der Waals surface area contributed by atoms with Crippen molar-refractivity contribution in [1.29, 1.82) is 0 Å². The molecule has 0 amide bonds. The van der Waals surface area contributed by atoms with Gasteiger partial charge < -0.3 is 15.2 Å². The quantitative estimate of drug-likeness (QED) is 0.385. The van der Waals surface area contributed by atoms with Gasteiger partial charge in [0.1, 0.15) is 11.4 Å². The van der Waals surface area contributed by atoms with Crippen molar-refractivity contribution < 1.29 is 19.1 Å². The summed E-state index contributed by atoms with van der Waals surface area (Å²) < 4.78 is 10.7. The molecule has 0 spiro atoms. The van der Waals surface area contributed by atoms with Gasteiger partial charge in [0.2, 0.25) is 0 Å². The first-order chi connectivity index (χ1) is 14.4. The average Bonchev–Trinajstić information content (AvgIpc) is 2.72. The number of nitrogens with one attached hydrogen (secondary N) is 1. The van der Waals surface area contributed by atoms with Crippen molar-refractivity contribution in [2.45, 2.75) is 19.5 Å². The third kappa shape index (κ3) is 6.13. The Morgan fingerprint density at radius 1 is 1.17 bits per heavy atom. The van der Waals surface area contributed by atoms with Crippen molar-refractivity contribution in [1.82, 2.24) is 14.5 Å². The van der Waals surface area contributed by atoms with E-state index >= 15 is 0 Å². The Morgan fingerprint density at radius 2 is 1.87 bits per heavy atom. The molecule has 10 heteroatoms. The van der Waals surface area contributed by atoms with Crippen molar-refractivity contribution in [2.24, 2.45) is 0 Å². The van der Waals surface area contributed by atoms with E-state index < -0.39 is 23.0 Å². The molecule has 0 aliphatic carbocycles. The van der Waals surface area contributed by atoms with Crippen LogP contribution in [0.4, 0.5) is 5.82 Å². The summed E-state index contributed by atoms with van der Waals surface area (Å²) in [6.45, 7) is 0.734. The van der Waals surface area contributed by atoms with Crippen LogP contribution < -0.4 is 17.0 Å². The molecule has 30 heavy (non-hydrogen) atoms. The lowest BCUT2D eigenvalue weighted by molar-refractivity contribution is -0.141. The summed E-state index contributed by atoms with van der Waals surface area (Å²) in [5.74, 6) is -1.18. The molecule has 1 aromatic carbocycles. The predicted molar refractivity (Wildman–Crippen MR) is 110 cm³/mol. The van der Waals surface area contributed by atoms with E-state index in [9.17, 15) is 19.2 Å². The van der Waals surface area contributed by atoms with Crippen LogP contribution in [0.15, 0.2) is 39.9 Å². The van der Waals surface area contributed by atoms with Gasteiger partial charge in [0.15, 0.2) is 5.78 Å². The van der Waals surface area contributed by atoms with Gasteiger partial charge >= 0.3 is 11.7 Å². The van der Waals surface area contributed by atoms with Gasteiger partial charge in [-0.1, -0.05) is 30.3 Å². The van der Waals surface area contributed by atoms with Gasteiger partial charge in [0.25, 0.3) is 5.56 Å². The summed E-state index contributed by atoms with van der Waals surface area (Å²) in [7, 11) is 2.75. The van der Waals surface area contributed by atoms with Crippen molar-refractivity contribution >= 4 is 17.6 Å². The fourth-order valence-electron chi connectivity index (χ4n) is 2.95. The van der Waals surface area contributed by atoms with Gasteiger partial charge in [-0.05, 0) is 5.56 Å². The first-order valence-corrected chi connectivity index (χ1v) is 9.35. The van der Waals surface area contributed by atoms with Gasteiger partial charge in [-0.25, -0.2) is 4.79 Å². The Labute approximate surface area is 173 Å². The Balaban J connectivity index is 2.28. The lowest BCUT2D eigenvalue weighted by atomic mass is 10.1.